The molecular formula is C19H36N4O7. The van der Waals surface area contributed by atoms with E-state index in [-0.39, 0.29) is 19.6 Å². The summed E-state index contributed by atoms with van der Waals surface area (Å²) >= 11 is 0. The van der Waals surface area contributed by atoms with Crippen molar-refractivity contribution in [2.75, 3.05) is 78.5 Å². The molecule has 0 aliphatic carbocycles. The highest BCUT2D eigenvalue weighted by atomic mass is 16.4. The molecule has 30 heavy (non-hydrogen) atoms. The third-order valence-electron chi connectivity index (χ3n) is 5.10. The Bertz CT molecular complexity index is 517. The molecule has 1 atom stereocenters. The third-order valence-corrected chi connectivity index (χ3v) is 5.10. The van der Waals surface area contributed by atoms with E-state index in [1.165, 1.54) is 0 Å². The van der Waals surface area contributed by atoms with Crippen LogP contribution in [0.4, 0.5) is 0 Å². The number of rotatable bonds is 10. The van der Waals surface area contributed by atoms with E-state index < -0.39 is 24.0 Å². The van der Waals surface area contributed by atoms with Gasteiger partial charge in [0.2, 0.25) is 0 Å². The van der Waals surface area contributed by atoms with Gasteiger partial charge in [0.05, 0.1) is 25.7 Å². The number of carboxylic acid groups (broad SMARTS) is 3. The van der Waals surface area contributed by atoms with Crippen LogP contribution in [0.3, 0.4) is 0 Å². The van der Waals surface area contributed by atoms with E-state index in [9.17, 15) is 29.7 Å². The maximum Gasteiger partial charge on any atom is 0.317 e. The first-order valence-corrected chi connectivity index (χ1v) is 10.4. The van der Waals surface area contributed by atoms with E-state index in [0.717, 1.165) is 6.42 Å². The first-order chi connectivity index (χ1) is 14.2. The summed E-state index contributed by atoms with van der Waals surface area (Å²) < 4.78 is 0. The molecule has 1 unspecified atom stereocenters. The molecule has 4 N–H and O–H groups in total. The van der Waals surface area contributed by atoms with Crippen LogP contribution < -0.4 is 0 Å². The zero-order chi connectivity index (χ0) is 22.5. The first kappa shape index (κ1) is 26.2. The van der Waals surface area contributed by atoms with Crippen LogP contribution in [0.2, 0.25) is 0 Å². The van der Waals surface area contributed by atoms with Crippen LogP contribution in [0.15, 0.2) is 0 Å². The molecule has 0 spiro atoms. The van der Waals surface area contributed by atoms with E-state index in [1.54, 1.807) is 14.7 Å². The number of aliphatic hydroxyl groups excluding tert-OH is 1. The summed E-state index contributed by atoms with van der Waals surface area (Å²) in [6.45, 7) is 5.50. The maximum atomic E-state index is 11.2. The molecule has 174 valence electrons. The van der Waals surface area contributed by atoms with Crippen molar-refractivity contribution < 1.29 is 34.8 Å². The second-order valence-corrected chi connectivity index (χ2v) is 7.75. The van der Waals surface area contributed by atoms with E-state index in [4.69, 9.17) is 5.11 Å². The Kier molecular flexibility index (Phi) is 12.5. The van der Waals surface area contributed by atoms with Crippen LogP contribution in [-0.2, 0) is 14.4 Å². The van der Waals surface area contributed by atoms with Crippen LogP contribution in [0, 0.1) is 0 Å². The minimum atomic E-state index is -0.979. The van der Waals surface area contributed by atoms with Gasteiger partial charge in [0.25, 0.3) is 0 Å². The van der Waals surface area contributed by atoms with E-state index in [2.05, 4.69) is 0 Å². The number of carboxylic acids is 3. The Morgan fingerprint density at radius 1 is 0.667 bits per heavy atom. The molecule has 1 heterocycles. The van der Waals surface area contributed by atoms with Gasteiger partial charge in [-0.3, -0.25) is 34.0 Å². The normalized spacial score (nSPS) is 20.2. The number of nitrogens with zero attached hydrogens (tertiary/aromatic N) is 4. The molecule has 0 aromatic heterocycles. The fraction of sp³-hybridized carbons (Fsp3) is 0.842. The lowest BCUT2D eigenvalue weighted by atomic mass is 10.2. The lowest BCUT2D eigenvalue weighted by Crippen LogP contribution is -2.49. The number of hydrogen-bond donors (Lipinski definition) is 4. The number of hydrogen-bond acceptors (Lipinski definition) is 8. The van der Waals surface area contributed by atoms with Crippen LogP contribution in [0.5, 0.6) is 0 Å². The SMILES string of the molecule is CCCC(O)CN1CCN(CC(=O)O)CCN(CC(=O)O)CCN(CC(=O)O)CC1. The Morgan fingerprint density at radius 3 is 1.23 bits per heavy atom. The molecule has 1 aliphatic rings. The monoisotopic (exact) mass is 432 g/mol. The summed E-state index contributed by atoms with van der Waals surface area (Å²) in [5.74, 6) is -2.87. The zero-order valence-corrected chi connectivity index (χ0v) is 17.8. The summed E-state index contributed by atoms with van der Waals surface area (Å²) in [5, 5.41) is 37.8. The molecule has 11 nitrogen and oxygen atoms in total. The van der Waals surface area contributed by atoms with E-state index in [1.807, 2.05) is 11.8 Å². The third kappa shape index (κ3) is 12.0. The molecule has 0 amide bonds. The lowest BCUT2D eigenvalue weighted by molar-refractivity contribution is -0.140. The van der Waals surface area contributed by atoms with Gasteiger partial charge in [0, 0.05) is 58.9 Å². The summed E-state index contributed by atoms with van der Waals surface area (Å²) in [5.41, 5.74) is 0. The van der Waals surface area contributed by atoms with Gasteiger partial charge in [0.1, 0.15) is 0 Å². The lowest BCUT2D eigenvalue weighted by Gasteiger charge is -2.33. The standard InChI is InChI=1S/C19H36N4O7/c1-2-3-16(24)12-20-4-6-21(13-17(25)26)8-10-23(15-19(29)30)11-9-22(7-5-20)14-18(27)28/h16,24H,2-15H2,1H3,(H,25,26)(H,27,28)(H,29,30). The highest BCUT2D eigenvalue weighted by Crippen LogP contribution is 2.04. The molecular weight excluding hydrogens is 396 g/mol. The van der Waals surface area contributed by atoms with Crippen LogP contribution >= 0.6 is 0 Å². The number of aliphatic carboxylic acids is 3. The molecule has 0 bridgehead atoms. The van der Waals surface area contributed by atoms with Gasteiger partial charge in [-0.05, 0) is 6.42 Å². The molecule has 0 aromatic rings. The van der Waals surface area contributed by atoms with E-state index >= 15 is 0 Å². The second-order valence-electron chi connectivity index (χ2n) is 7.75. The van der Waals surface area contributed by atoms with Crippen molar-refractivity contribution in [2.24, 2.45) is 0 Å². The van der Waals surface area contributed by atoms with Crippen molar-refractivity contribution in [1.82, 2.24) is 19.6 Å². The van der Waals surface area contributed by atoms with Crippen molar-refractivity contribution in [3.63, 3.8) is 0 Å². The predicted octanol–water partition coefficient (Wildman–Crippen LogP) is -1.38. The first-order valence-electron chi connectivity index (χ1n) is 10.4. The summed E-state index contributed by atoms with van der Waals surface area (Å²) in [4.78, 5) is 40.9. The number of carbonyl (C=O) groups is 3. The minimum Gasteiger partial charge on any atom is -0.480 e. The van der Waals surface area contributed by atoms with Gasteiger partial charge < -0.3 is 20.4 Å². The Morgan fingerprint density at radius 2 is 0.967 bits per heavy atom. The fourth-order valence-electron chi connectivity index (χ4n) is 3.53. The zero-order valence-electron chi connectivity index (χ0n) is 17.8. The smallest absolute Gasteiger partial charge is 0.317 e. The predicted molar refractivity (Wildman–Crippen MR) is 110 cm³/mol. The maximum absolute atomic E-state index is 11.2. The fourth-order valence-corrected chi connectivity index (χ4v) is 3.53. The van der Waals surface area contributed by atoms with Gasteiger partial charge in [-0.25, -0.2) is 0 Å². The van der Waals surface area contributed by atoms with Crippen LogP contribution in [0.25, 0.3) is 0 Å². The van der Waals surface area contributed by atoms with Gasteiger partial charge >= 0.3 is 17.9 Å². The summed E-state index contributed by atoms with van der Waals surface area (Å²) in [6, 6.07) is 0. The molecule has 11 heteroatoms. The molecule has 1 rings (SSSR count). The van der Waals surface area contributed by atoms with Crippen molar-refractivity contribution in [3.8, 4) is 0 Å². The summed E-state index contributed by atoms with van der Waals surface area (Å²) in [7, 11) is 0. The number of β-amino-alcohol motifs (C(OH)–C–C–N with tert-alkyl or cyclic N) is 1. The van der Waals surface area contributed by atoms with Crippen LogP contribution in [-0.4, -0.2) is 143 Å². The number of aliphatic hydroxyl groups is 1. The quantitative estimate of drug-likeness (QED) is 0.324. The average Bonchev–Trinajstić information content (AvgIpc) is 2.62. The van der Waals surface area contributed by atoms with Gasteiger partial charge in [-0.2, -0.15) is 0 Å². The van der Waals surface area contributed by atoms with Crippen LogP contribution in [0.1, 0.15) is 19.8 Å². The van der Waals surface area contributed by atoms with Gasteiger partial charge in [0.15, 0.2) is 0 Å². The van der Waals surface area contributed by atoms with Gasteiger partial charge in [-0.1, -0.05) is 13.3 Å². The highest BCUT2D eigenvalue weighted by molar-refractivity contribution is 5.69. The molecule has 0 radical (unpaired) electrons. The molecule has 0 saturated carbocycles. The minimum absolute atomic E-state index is 0.141. The van der Waals surface area contributed by atoms with Crippen molar-refractivity contribution in [2.45, 2.75) is 25.9 Å². The highest BCUT2D eigenvalue weighted by Gasteiger charge is 2.20. The molecule has 1 aliphatic heterocycles. The van der Waals surface area contributed by atoms with Gasteiger partial charge in [-0.15, -0.1) is 0 Å². The average molecular weight is 433 g/mol. The Labute approximate surface area is 177 Å². The second kappa shape index (κ2) is 14.3. The molecule has 1 fully saturated rings. The topological polar surface area (TPSA) is 145 Å². The van der Waals surface area contributed by atoms with E-state index in [0.29, 0.717) is 65.3 Å². The van der Waals surface area contributed by atoms with Crippen molar-refractivity contribution in [1.29, 1.82) is 0 Å². The Balaban J connectivity index is 2.91. The van der Waals surface area contributed by atoms with Crippen molar-refractivity contribution in [3.05, 3.63) is 0 Å². The largest absolute Gasteiger partial charge is 0.480 e. The summed E-state index contributed by atoms with van der Waals surface area (Å²) in [6.07, 6.45) is 1.03. The molecule has 1 saturated heterocycles. The van der Waals surface area contributed by atoms with Crippen molar-refractivity contribution >= 4 is 17.9 Å². The molecule has 0 aromatic carbocycles. The Hall–Kier alpha value is -1.79.